The maximum absolute atomic E-state index is 11.6. The van der Waals surface area contributed by atoms with Gasteiger partial charge in [0, 0.05) is 19.1 Å². The first-order chi connectivity index (χ1) is 7.08. The molecule has 2 rings (SSSR count). The minimum atomic E-state index is -0.321. The molecular formula is C10H17N3O2. The summed E-state index contributed by atoms with van der Waals surface area (Å²) in [5, 5.41) is 3.23. The fourth-order valence-electron chi connectivity index (χ4n) is 2.34. The van der Waals surface area contributed by atoms with Crippen LogP contribution in [0.3, 0.4) is 0 Å². The lowest BCUT2D eigenvalue weighted by atomic mass is 10.1. The van der Waals surface area contributed by atoms with Gasteiger partial charge in [-0.05, 0) is 19.3 Å². The highest BCUT2D eigenvalue weighted by molar-refractivity contribution is 6.05. The number of imide groups is 1. The Kier molecular flexibility index (Phi) is 2.75. The van der Waals surface area contributed by atoms with Gasteiger partial charge in [0.05, 0.1) is 12.5 Å². The molecule has 0 bridgehead atoms. The summed E-state index contributed by atoms with van der Waals surface area (Å²) in [5.74, 6) is -0.208. The van der Waals surface area contributed by atoms with E-state index in [0.29, 0.717) is 12.5 Å². The first kappa shape index (κ1) is 10.6. The Morgan fingerprint density at radius 3 is 2.60 bits per heavy atom. The van der Waals surface area contributed by atoms with Gasteiger partial charge in [-0.25, -0.2) is 0 Å². The molecule has 0 aromatic carbocycles. The molecule has 0 spiro atoms. The summed E-state index contributed by atoms with van der Waals surface area (Å²) in [5.41, 5.74) is 5.79. The monoisotopic (exact) mass is 211 g/mol. The molecule has 3 atom stereocenters. The Morgan fingerprint density at radius 1 is 1.40 bits per heavy atom. The number of nitrogens with zero attached hydrogens (tertiary/aromatic N) is 1. The number of hydrogen-bond acceptors (Lipinski definition) is 4. The summed E-state index contributed by atoms with van der Waals surface area (Å²) >= 11 is 0. The predicted octanol–water partition coefficient (Wildman–Crippen LogP) is -0.787. The van der Waals surface area contributed by atoms with Gasteiger partial charge in [0.25, 0.3) is 0 Å². The second-order valence-electron chi connectivity index (χ2n) is 4.48. The third-order valence-electron chi connectivity index (χ3n) is 3.29. The lowest BCUT2D eigenvalue weighted by Gasteiger charge is -2.16. The fraction of sp³-hybridized carbons (Fsp3) is 0.800. The van der Waals surface area contributed by atoms with Crippen LogP contribution in [-0.4, -0.2) is 41.9 Å². The van der Waals surface area contributed by atoms with Crippen molar-refractivity contribution in [2.45, 2.75) is 43.8 Å². The predicted molar refractivity (Wildman–Crippen MR) is 54.9 cm³/mol. The summed E-state index contributed by atoms with van der Waals surface area (Å²) in [7, 11) is 1.53. The molecule has 3 unspecified atom stereocenters. The van der Waals surface area contributed by atoms with Crippen molar-refractivity contribution in [3.8, 4) is 0 Å². The molecule has 2 aliphatic rings. The van der Waals surface area contributed by atoms with Gasteiger partial charge in [0.15, 0.2) is 0 Å². The molecule has 84 valence electrons. The van der Waals surface area contributed by atoms with Crippen molar-refractivity contribution in [2.75, 3.05) is 7.05 Å². The van der Waals surface area contributed by atoms with Crippen LogP contribution in [-0.2, 0) is 9.59 Å². The second-order valence-corrected chi connectivity index (χ2v) is 4.48. The number of carbonyl (C=O) groups excluding carboxylic acids is 2. The molecule has 2 fully saturated rings. The van der Waals surface area contributed by atoms with Crippen LogP contribution >= 0.6 is 0 Å². The highest BCUT2D eigenvalue weighted by Gasteiger charge is 2.37. The Balaban J connectivity index is 1.90. The van der Waals surface area contributed by atoms with Crippen LogP contribution in [0.25, 0.3) is 0 Å². The van der Waals surface area contributed by atoms with Crippen molar-refractivity contribution in [2.24, 2.45) is 5.73 Å². The molecule has 5 nitrogen and oxygen atoms in total. The molecule has 3 N–H and O–H groups in total. The summed E-state index contributed by atoms with van der Waals surface area (Å²) in [4.78, 5) is 24.1. The maximum Gasteiger partial charge on any atom is 0.246 e. The number of nitrogens with one attached hydrogen (secondary N) is 1. The van der Waals surface area contributed by atoms with E-state index in [-0.39, 0.29) is 23.9 Å². The zero-order valence-corrected chi connectivity index (χ0v) is 8.90. The Hall–Kier alpha value is -0.940. The van der Waals surface area contributed by atoms with Crippen molar-refractivity contribution in [3.05, 3.63) is 0 Å². The summed E-state index contributed by atoms with van der Waals surface area (Å²) < 4.78 is 0. The van der Waals surface area contributed by atoms with Gasteiger partial charge in [0.2, 0.25) is 11.8 Å². The Bertz CT molecular complexity index is 292. The fourth-order valence-corrected chi connectivity index (χ4v) is 2.34. The number of amides is 2. The first-order valence-electron chi connectivity index (χ1n) is 5.40. The number of rotatable bonds is 2. The van der Waals surface area contributed by atoms with Crippen LogP contribution in [0.1, 0.15) is 25.7 Å². The van der Waals surface area contributed by atoms with Crippen LogP contribution in [0.5, 0.6) is 0 Å². The topological polar surface area (TPSA) is 75.4 Å². The average Bonchev–Trinajstić information content (AvgIpc) is 2.68. The smallest absolute Gasteiger partial charge is 0.246 e. The third-order valence-corrected chi connectivity index (χ3v) is 3.29. The van der Waals surface area contributed by atoms with E-state index in [1.54, 1.807) is 0 Å². The van der Waals surface area contributed by atoms with E-state index in [1.807, 2.05) is 0 Å². The average molecular weight is 211 g/mol. The van der Waals surface area contributed by atoms with E-state index in [1.165, 1.54) is 11.9 Å². The highest BCUT2D eigenvalue weighted by atomic mass is 16.2. The van der Waals surface area contributed by atoms with Crippen LogP contribution in [0.15, 0.2) is 0 Å². The minimum Gasteiger partial charge on any atom is -0.328 e. The molecule has 1 saturated heterocycles. The van der Waals surface area contributed by atoms with Gasteiger partial charge < -0.3 is 11.1 Å². The van der Waals surface area contributed by atoms with Crippen molar-refractivity contribution >= 4 is 11.8 Å². The quantitative estimate of drug-likeness (QED) is 0.587. The minimum absolute atomic E-state index is 0.0974. The van der Waals surface area contributed by atoms with Crippen LogP contribution in [0.4, 0.5) is 0 Å². The summed E-state index contributed by atoms with van der Waals surface area (Å²) in [6.45, 7) is 0. The largest absolute Gasteiger partial charge is 0.328 e. The van der Waals surface area contributed by atoms with Crippen molar-refractivity contribution in [1.29, 1.82) is 0 Å². The van der Waals surface area contributed by atoms with Crippen molar-refractivity contribution < 1.29 is 9.59 Å². The van der Waals surface area contributed by atoms with E-state index >= 15 is 0 Å². The lowest BCUT2D eigenvalue weighted by Crippen LogP contribution is -2.42. The summed E-state index contributed by atoms with van der Waals surface area (Å²) in [6, 6.07) is 0.221. The Labute approximate surface area is 89.0 Å². The molecule has 1 aliphatic heterocycles. The van der Waals surface area contributed by atoms with Gasteiger partial charge in [-0.15, -0.1) is 0 Å². The standard InChI is InChI=1S/C10H17N3O2/c1-13-9(14)5-8(10(13)15)12-7-3-2-6(11)4-7/h6-8,12H,2-5,11H2,1H3. The molecule has 1 heterocycles. The van der Waals surface area contributed by atoms with E-state index < -0.39 is 0 Å². The lowest BCUT2D eigenvalue weighted by molar-refractivity contribution is -0.137. The van der Waals surface area contributed by atoms with Gasteiger partial charge in [0.1, 0.15) is 0 Å². The van der Waals surface area contributed by atoms with Crippen LogP contribution in [0.2, 0.25) is 0 Å². The SMILES string of the molecule is CN1C(=O)CC(NC2CCC(N)C2)C1=O. The zero-order valence-electron chi connectivity index (χ0n) is 8.90. The van der Waals surface area contributed by atoms with E-state index in [2.05, 4.69) is 5.32 Å². The summed E-state index contributed by atoms with van der Waals surface area (Å²) in [6.07, 6.45) is 3.20. The molecule has 1 aliphatic carbocycles. The molecule has 0 aromatic heterocycles. The van der Waals surface area contributed by atoms with E-state index in [0.717, 1.165) is 19.3 Å². The Morgan fingerprint density at radius 2 is 2.13 bits per heavy atom. The number of nitrogens with two attached hydrogens (primary N) is 1. The zero-order chi connectivity index (χ0) is 11.0. The normalized spacial score (nSPS) is 36.7. The van der Waals surface area contributed by atoms with Crippen molar-refractivity contribution in [3.63, 3.8) is 0 Å². The van der Waals surface area contributed by atoms with E-state index in [9.17, 15) is 9.59 Å². The van der Waals surface area contributed by atoms with Gasteiger partial charge >= 0.3 is 0 Å². The molecule has 0 radical (unpaired) electrons. The first-order valence-corrected chi connectivity index (χ1v) is 5.40. The number of hydrogen-bond donors (Lipinski definition) is 2. The van der Waals surface area contributed by atoms with Gasteiger partial charge in [-0.3, -0.25) is 14.5 Å². The molecule has 2 amide bonds. The maximum atomic E-state index is 11.6. The molecule has 1 saturated carbocycles. The third kappa shape index (κ3) is 2.03. The molecule has 5 heteroatoms. The van der Waals surface area contributed by atoms with Crippen LogP contribution in [0, 0.1) is 0 Å². The molecule has 0 aromatic rings. The van der Waals surface area contributed by atoms with Crippen molar-refractivity contribution in [1.82, 2.24) is 10.2 Å². The highest BCUT2D eigenvalue weighted by Crippen LogP contribution is 2.20. The number of likely N-dealkylation sites (tertiary alicyclic amines) is 1. The number of likely N-dealkylation sites (N-methyl/N-ethyl adjacent to an activating group) is 1. The second kappa shape index (κ2) is 3.90. The van der Waals surface area contributed by atoms with Gasteiger partial charge in [-0.2, -0.15) is 0 Å². The van der Waals surface area contributed by atoms with Crippen LogP contribution < -0.4 is 11.1 Å². The molecular weight excluding hydrogens is 194 g/mol. The van der Waals surface area contributed by atoms with E-state index in [4.69, 9.17) is 5.73 Å². The number of carbonyl (C=O) groups is 2. The molecule has 15 heavy (non-hydrogen) atoms. The van der Waals surface area contributed by atoms with Gasteiger partial charge in [-0.1, -0.05) is 0 Å².